The van der Waals surface area contributed by atoms with E-state index in [0.29, 0.717) is 36.9 Å². The molecular formula is C32H42N2O7S. The van der Waals surface area contributed by atoms with Crippen LogP contribution in [0.1, 0.15) is 79.6 Å². The molecule has 1 saturated carbocycles. The van der Waals surface area contributed by atoms with Crippen molar-refractivity contribution in [2.24, 2.45) is 5.92 Å². The van der Waals surface area contributed by atoms with Gasteiger partial charge in [-0.25, -0.2) is 8.42 Å². The monoisotopic (exact) mass is 598 g/mol. The number of fused-ring (bicyclic) bond motifs is 1. The van der Waals surface area contributed by atoms with Gasteiger partial charge in [0, 0.05) is 35.0 Å². The van der Waals surface area contributed by atoms with E-state index >= 15 is 0 Å². The Hall–Kier alpha value is -3.53. The van der Waals surface area contributed by atoms with Crippen molar-refractivity contribution in [3.05, 3.63) is 59.4 Å². The summed E-state index contributed by atoms with van der Waals surface area (Å²) in [4.78, 5) is 24.1. The molecular weight excluding hydrogens is 556 g/mol. The molecule has 1 atom stereocenters. The molecule has 2 N–H and O–H groups in total. The Morgan fingerprint density at radius 2 is 1.81 bits per heavy atom. The molecule has 9 nitrogen and oxygen atoms in total. The van der Waals surface area contributed by atoms with Crippen LogP contribution in [0, 0.1) is 12.8 Å². The highest BCUT2D eigenvalue weighted by molar-refractivity contribution is 7.90. The van der Waals surface area contributed by atoms with Gasteiger partial charge in [-0.2, -0.15) is 0 Å². The fraction of sp³-hybridized carbons (Fsp3) is 0.500. The van der Waals surface area contributed by atoms with Crippen LogP contribution in [0.4, 0.5) is 5.69 Å². The van der Waals surface area contributed by atoms with E-state index in [9.17, 15) is 18.0 Å². The summed E-state index contributed by atoms with van der Waals surface area (Å²) in [5.41, 5.74) is 3.24. The van der Waals surface area contributed by atoms with E-state index in [1.165, 1.54) is 25.5 Å². The molecule has 1 aliphatic rings. The number of carbonyl (C=O) groups excluding carboxylic acids is 2. The number of rotatable bonds is 14. The Balaban J connectivity index is 1.48. The molecule has 4 rings (SSSR count). The first-order chi connectivity index (χ1) is 20.1. The Morgan fingerprint density at radius 3 is 2.50 bits per heavy atom. The zero-order chi connectivity index (χ0) is 30.1. The summed E-state index contributed by atoms with van der Waals surface area (Å²) in [7, 11) is -3.02. The number of amides is 1. The average molecular weight is 599 g/mol. The van der Waals surface area contributed by atoms with Crippen molar-refractivity contribution < 1.29 is 31.9 Å². The van der Waals surface area contributed by atoms with Crippen molar-refractivity contribution in [3.8, 4) is 5.75 Å². The van der Waals surface area contributed by atoms with Crippen LogP contribution in [-0.2, 0) is 19.4 Å². The Labute approximate surface area is 248 Å². The van der Waals surface area contributed by atoms with E-state index in [2.05, 4.69) is 17.6 Å². The minimum absolute atomic E-state index is 0.0407. The van der Waals surface area contributed by atoms with Crippen LogP contribution in [0.2, 0.25) is 0 Å². The molecule has 2 aromatic carbocycles. The lowest BCUT2D eigenvalue weighted by Gasteiger charge is -2.31. The molecule has 0 bridgehead atoms. The number of furan rings is 1. The number of anilines is 1. The minimum Gasteiger partial charge on any atom is -0.494 e. The van der Waals surface area contributed by atoms with Crippen LogP contribution in [0.25, 0.3) is 11.0 Å². The molecule has 1 aliphatic carbocycles. The van der Waals surface area contributed by atoms with Gasteiger partial charge in [0.05, 0.1) is 31.4 Å². The molecule has 0 radical (unpaired) electrons. The zero-order valence-corrected chi connectivity index (χ0v) is 25.6. The number of aryl methyl sites for hydroxylation is 1. The summed E-state index contributed by atoms with van der Waals surface area (Å²) < 4.78 is 40.0. The van der Waals surface area contributed by atoms with Gasteiger partial charge < -0.3 is 24.5 Å². The summed E-state index contributed by atoms with van der Waals surface area (Å²) in [6.07, 6.45) is 7.60. The lowest BCUT2D eigenvalue weighted by atomic mass is 9.82. The molecule has 1 fully saturated rings. The normalized spacial score (nSPS) is 14.8. The molecule has 10 heteroatoms. The second kappa shape index (κ2) is 14.6. The first kappa shape index (κ1) is 31.4. The quantitative estimate of drug-likeness (QED) is 0.172. The summed E-state index contributed by atoms with van der Waals surface area (Å²) in [5, 5.41) is 7.44. The van der Waals surface area contributed by atoms with Gasteiger partial charge in [0.1, 0.15) is 26.9 Å². The largest absolute Gasteiger partial charge is 0.494 e. The molecule has 3 aromatic rings. The molecule has 1 heterocycles. The Bertz CT molecular complexity index is 1460. The first-order valence-electron chi connectivity index (χ1n) is 14.8. The number of sulfone groups is 1. The summed E-state index contributed by atoms with van der Waals surface area (Å²) in [6.45, 7) is 4.69. The maximum atomic E-state index is 12.5. The second-order valence-electron chi connectivity index (χ2n) is 11.0. The lowest BCUT2D eigenvalue weighted by Crippen LogP contribution is -2.26. The summed E-state index contributed by atoms with van der Waals surface area (Å²) in [6, 6.07) is 13.0. The van der Waals surface area contributed by atoms with Crippen LogP contribution in [0.3, 0.4) is 0 Å². The van der Waals surface area contributed by atoms with Crippen molar-refractivity contribution >= 4 is 38.4 Å². The van der Waals surface area contributed by atoms with Gasteiger partial charge in [-0.1, -0.05) is 19.3 Å². The van der Waals surface area contributed by atoms with Crippen molar-refractivity contribution in [3.63, 3.8) is 0 Å². The molecule has 0 aliphatic heterocycles. The number of nitrogens with one attached hydrogen (secondary N) is 2. The third kappa shape index (κ3) is 8.74. The van der Waals surface area contributed by atoms with Crippen LogP contribution in [0.15, 0.2) is 46.9 Å². The zero-order valence-electron chi connectivity index (χ0n) is 24.7. The molecule has 228 valence electrons. The number of carbonyl (C=O) groups is 2. The van der Waals surface area contributed by atoms with Gasteiger partial charge in [-0.3, -0.25) is 9.59 Å². The number of hydrogen-bond acceptors (Lipinski definition) is 8. The lowest BCUT2D eigenvalue weighted by molar-refractivity contribution is -0.142. The van der Waals surface area contributed by atoms with Crippen LogP contribution >= 0.6 is 0 Å². The van der Waals surface area contributed by atoms with Gasteiger partial charge in [-0.05, 0) is 81.5 Å². The van der Waals surface area contributed by atoms with Crippen LogP contribution in [0.5, 0.6) is 5.75 Å². The predicted molar refractivity (Wildman–Crippen MR) is 164 cm³/mol. The molecule has 0 saturated heterocycles. The second-order valence-corrected chi connectivity index (χ2v) is 13.2. The van der Waals surface area contributed by atoms with Gasteiger partial charge in [0.2, 0.25) is 0 Å². The number of ether oxygens (including phenoxy) is 2. The standard InChI is InChI=1S/C32H42N2O7S/c1-4-39-29(35)17-18-33-32(36)24-11-13-25(14-12-24)34-30(23-9-6-5-7-10-23)31-22(2)27-21-26(15-16-28(27)41-31)40-19-8-20-42(3,37)38/h11-16,21,23,30,34H,4-10,17-20H2,1-3H3,(H,33,36). The van der Waals surface area contributed by atoms with E-state index in [0.717, 1.165) is 40.8 Å². The summed E-state index contributed by atoms with van der Waals surface area (Å²) in [5.74, 6) is 1.50. The maximum absolute atomic E-state index is 12.5. The van der Waals surface area contributed by atoms with Crippen molar-refractivity contribution in [2.75, 3.05) is 37.1 Å². The van der Waals surface area contributed by atoms with Gasteiger partial charge in [0.15, 0.2) is 0 Å². The highest BCUT2D eigenvalue weighted by Crippen LogP contribution is 2.41. The molecule has 1 amide bonds. The first-order valence-corrected chi connectivity index (χ1v) is 16.8. The number of hydrogen-bond donors (Lipinski definition) is 2. The maximum Gasteiger partial charge on any atom is 0.307 e. The fourth-order valence-electron chi connectivity index (χ4n) is 5.49. The highest BCUT2D eigenvalue weighted by atomic mass is 32.2. The molecule has 0 spiro atoms. The van der Waals surface area contributed by atoms with E-state index < -0.39 is 9.84 Å². The third-order valence-electron chi connectivity index (χ3n) is 7.67. The Kier molecular flexibility index (Phi) is 10.9. The van der Waals surface area contributed by atoms with E-state index in [-0.39, 0.29) is 36.6 Å². The minimum atomic E-state index is -3.02. The topological polar surface area (TPSA) is 124 Å². The molecule has 1 unspecified atom stereocenters. The molecule has 1 aromatic heterocycles. The SMILES string of the molecule is CCOC(=O)CCNC(=O)c1ccc(NC(c2oc3ccc(OCCCS(C)(=O)=O)cc3c2C)C2CCCCC2)cc1. The molecule has 42 heavy (non-hydrogen) atoms. The van der Waals surface area contributed by atoms with Crippen molar-refractivity contribution in [1.29, 1.82) is 0 Å². The number of benzene rings is 2. The van der Waals surface area contributed by atoms with Gasteiger partial charge in [-0.15, -0.1) is 0 Å². The van der Waals surface area contributed by atoms with Crippen molar-refractivity contribution in [1.82, 2.24) is 5.32 Å². The smallest absolute Gasteiger partial charge is 0.307 e. The van der Waals surface area contributed by atoms with Crippen LogP contribution in [-0.4, -0.2) is 52.1 Å². The third-order valence-corrected chi connectivity index (χ3v) is 8.70. The van der Waals surface area contributed by atoms with Gasteiger partial charge in [0.25, 0.3) is 5.91 Å². The summed E-state index contributed by atoms with van der Waals surface area (Å²) >= 11 is 0. The van der Waals surface area contributed by atoms with Crippen LogP contribution < -0.4 is 15.4 Å². The number of esters is 1. The van der Waals surface area contributed by atoms with Crippen molar-refractivity contribution in [2.45, 2.75) is 64.8 Å². The highest BCUT2D eigenvalue weighted by Gasteiger charge is 2.30. The Morgan fingerprint density at radius 1 is 1.07 bits per heavy atom. The van der Waals surface area contributed by atoms with E-state index in [1.54, 1.807) is 19.1 Å². The fourth-order valence-corrected chi connectivity index (χ4v) is 6.13. The predicted octanol–water partition coefficient (Wildman–Crippen LogP) is 5.97. The van der Waals surface area contributed by atoms with E-state index in [1.807, 2.05) is 30.3 Å². The van der Waals surface area contributed by atoms with E-state index in [4.69, 9.17) is 13.9 Å². The van der Waals surface area contributed by atoms with Gasteiger partial charge >= 0.3 is 5.97 Å². The average Bonchev–Trinajstić information content (AvgIpc) is 3.29.